The van der Waals surface area contributed by atoms with E-state index in [-0.39, 0.29) is 0 Å². The second kappa shape index (κ2) is 6.02. The summed E-state index contributed by atoms with van der Waals surface area (Å²) in [6.07, 6.45) is 11.1. The average molecular weight is 225 g/mol. The summed E-state index contributed by atoms with van der Waals surface area (Å²) in [5.41, 5.74) is 6.40. The third-order valence-electron chi connectivity index (χ3n) is 4.54. The van der Waals surface area contributed by atoms with Gasteiger partial charge in [-0.1, -0.05) is 39.0 Å². The van der Waals surface area contributed by atoms with E-state index in [1.807, 2.05) is 0 Å². The molecule has 2 heteroatoms. The van der Waals surface area contributed by atoms with Gasteiger partial charge in [0, 0.05) is 18.6 Å². The summed E-state index contributed by atoms with van der Waals surface area (Å²) in [6, 6.07) is 0.385. The molecule has 2 nitrogen and oxygen atoms in total. The van der Waals surface area contributed by atoms with Crippen molar-refractivity contribution in [3.05, 3.63) is 0 Å². The van der Waals surface area contributed by atoms with Gasteiger partial charge in [-0.25, -0.2) is 0 Å². The van der Waals surface area contributed by atoms with Gasteiger partial charge in [0.15, 0.2) is 0 Å². The molecular weight excluding hydrogens is 198 g/mol. The minimum Gasteiger partial charge on any atom is -0.378 e. The van der Waals surface area contributed by atoms with E-state index in [0.717, 1.165) is 18.9 Å². The second-order valence-electron chi connectivity index (χ2n) is 5.67. The Labute approximate surface area is 99.9 Å². The van der Waals surface area contributed by atoms with Gasteiger partial charge in [-0.15, -0.1) is 0 Å². The molecule has 0 radical (unpaired) electrons. The van der Waals surface area contributed by atoms with Crippen molar-refractivity contribution in [3.63, 3.8) is 0 Å². The van der Waals surface area contributed by atoms with E-state index in [4.69, 9.17) is 10.5 Å². The number of nitrogens with two attached hydrogens (primary N) is 1. The predicted octanol–water partition coefficient (Wildman–Crippen LogP) is 3.10. The average Bonchev–Trinajstić information content (AvgIpc) is 2.78. The van der Waals surface area contributed by atoms with E-state index in [1.165, 1.54) is 44.9 Å². The molecule has 3 atom stereocenters. The number of ether oxygens (including phenoxy) is 1. The molecule has 1 heterocycles. The lowest BCUT2D eigenvalue weighted by Crippen LogP contribution is -2.37. The highest BCUT2D eigenvalue weighted by Gasteiger charge is 2.32. The summed E-state index contributed by atoms with van der Waals surface area (Å²) in [6.45, 7) is 3.15. The van der Waals surface area contributed by atoms with Crippen LogP contribution in [0.4, 0.5) is 0 Å². The quantitative estimate of drug-likeness (QED) is 0.798. The molecule has 0 aromatic carbocycles. The van der Waals surface area contributed by atoms with E-state index in [1.54, 1.807) is 0 Å². The van der Waals surface area contributed by atoms with Crippen molar-refractivity contribution < 1.29 is 4.74 Å². The molecule has 1 aliphatic heterocycles. The highest BCUT2D eigenvalue weighted by atomic mass is 16.5. The lowest BCUT2D eigenvalue weighted by atomic mass is 9.80. The SMILES string of the molecule is CCC1OCCC1C(N)CC1CCCCC1. The molecule has 0 spiro atoms. The maximum atomic E-state index is 6.40. The van der Waals surface area contributed by atoms with Crippen molar-refractivity contribution in [3.8, 4) is 0 Å². The lowest BCUT2D eigenvalue weighted by molar-refractivity contribution is 0.0780. The Hall–Kier alpha value is -0.0800. The zero-order valence-electron chi connectivity index (χ0n) is 10.7. The number of hydrogen-bond acceptors (Lipinski definition) is 2. The zero-order chi connectivity index (χ0) is 11.4. The van der Waals surface area contributed by atoms with Crippen molar-refractivity contribution in [2.45, 2.75) is 70.4 Å². The Morgan fingerprint density at radius 1 is 1.19 bits per heavy atom. The molecule has 3 unspecified atom stereocenters. The molecule has 2 aliphatic rings. The van der Waals surface area contributed by atoms with Crippen LogP contribution < -0.4 is 5.73 Å². The first-order chi connectivity index (χ1) is 7.81. The van der Waals surface area contributed by atoms with Crippen LogP contribution in [0.3, 0.4) is 0 Å². The summed E-state index contributed by atoms with van der Waals surface area (Å²) < 4.78 is 5.75. The Morgan fingerprint density at radius 2 is 1.94 bits per heavy atom. The van der Waals surface area contributed by atoms with Crippen LogP contribution in [0, 0.1) is 11.8 Å². The molecule has 0 bridgehead atoms. The van der Waals surface area contributed by atoms with Crippen molar-refractivity contribution in [1.29, 1.82) is 0 Å². The number of rotatable bonds is 4. The van der Waals surface area contributed by atoms with Crippen molar-refractivity contribution in [2.75, 3.05) is 6.61 Å². The van der Waals surface area contributed by atoms with Gasteiger partial charge in [-0.05, 0) is 25.2 Å². The standard InChI is InChI=1S/C14H27NO/c1-2-14-12(8-9-16-14)13(15)10-11-6-4-3-5-7-11/h11-14H,2-10,15H2,1H3. The topological polar surface area (TPSA) is 35.2 Å². The largest absolute Gasteiger partial charge is 0.378 e. The van der Waals surface area contributed by atoms with E-state index in [0.29, 0.717) is 18.1 Å². The summed E-state index contributed by atoms with van der Waals surface area (Å²) in [5.74, 6) is 1.54. The van der Waals surface area contributed by atoms with Crippen LogP contribution in [0.2, 0.25) is 0 Å². The third-order valence-corrected chi connectivity index (χ3v) is 4.54. The van der Waals surface area contributed by atoms with Gasteiger partial charge >= 0.3 is 0 Å². The van der Waals surface area contributed by atoms with Crippen LogP contribution in [0.15, 0.2) is 0 Å². The van der Waals surface area contributed by atoms with Gasteiger partial charge in [0.1, 0.15) is 0 Å². The Morgan fingerprint density at radius 3 is 2.62 bits per heavy atom. The summed E-state index contributed by atoms with van der Waals surface area (Å²) in [5, 5.41) is 0. The van der Waals surface area contributed by atoms with Crippen LogP contribution in [0.1, 0.15) is 58.3 Å². The Bertz CT molecular complexity index is 201. The van der Waals surface area contributed by atoms with E-state index < -0.39 is 0 Å². The molecule has 1 saturated heterocycles. The molecule has 94 valence electrons. The molecule has 2 N–H and O–H groups in total. The summed E-state index contributed by atoms with van der Waals surface area (Å²) in [7, 11) is 0. The highest BCUT2D eigenvalue weighted by Crippen LogP contribution is 2.32. The fourth-order valence-electron chi connectivity index (χ4n) is 3.56. The first kappa shape index (κ1) is 12.4. The predicted molar refractivity (Wildman–Crippen MR) is 67.3 cm³/mol. The van der Waals surface area contributed by atoms with Gasteiger partial charge in [-0.3, -0.25) is 0 Å². The minimum absolute atomic E-state index is 0.385. The van der Waals surface area contributed by atoms with E-state index in [2.05, 4.69) is 6.92 Å². The molecule has 2 rings (SSSR count). The molecule has 0 aromatic rings. The fourth-order valence-corrected chi connectivity index (χ4v) is 3.56. The van der Waals surface area contributed by atoms with Crippen molar-refractivity contribution >= 4 is 0 Å². The maximum absolute atomic E-state index is 6.40. The van der Waals surface area contributed by atoms with Gasteiger partial charge in [-0.2, -0.15) is 0 Å². The zero-order valence-corrected chi connectivity index (χ0v) is 10.7. The third kappa shape index (κ3) is 2.98. The van der Waals surface area contributed by atoms with Crippen LogP contribution in [0.25, 0.3) is 0 Å². The molecule has 0 amide bonds. The van der Waals surface area contributed by atoms with Crippen LogP contribution in [-0.2, 0) is 4.74 Å². The molecule has 1 aliphatic carbocycles. The minimum atomic E-state index is 0.385. The molecule has 0 aromatic heterocycles. The monoisotopic (exact) mass is 225 g/mol. The van der Waals surface area contributed by atoms with Crippen LogP contribution in [0.5, 0.6) is 0 Å². The summed E-state index contributed by atoms with van der Waals surface area (Å²) >= 11 is 0. The fraction of sp³-hybridized carbons (Fsp3) is 1.00. The first-order valence-electron chi connectivity index (χ1n) is 7.18. The Balaban J connectivity index is 1.79. The van der Waals surface area contributed by atoms with Gasteiger partial charge in [0.05, 0.1) is 6.10 Å². The molecular formula is C14H27NO. The van der Waals surface area contributed by atoms with Crippen molar-refractivity contribution in [2.24, 2.45) is 17.6 Å². The second-order valence-corrected chi connectivity index (χ2v) is 5.67. The van der Waals surface area contributed by atoms with Crippen molar-refractivity contribution in [1.82, 2.24) is 0 Å². The van der Waals surface area contributed by atoms with Gasteiger partial charge < -0.3 is 10.5 Å². The van der Waals surface area contributed by atoms with Gasteiger partial charge in [0.2, 0.25) is 0 Å². The number of hydrogen-bond donors (Lipinski definition) is 1. The molecule has 1 saturated carbocycles. The summed E-state index contributed by atoms with van der Waals surface area (Å²) in [4.78, 5) is 0. The highest BCUT2D eigenvalue weighted by molar-refractivity contribution is 4.85. The smallest absolute Gasteiger partial charge is 0.0616 e. The molecule has 16 heavy (non-hydrogen) atoms. The van der Waals surface area contributed by atoms with E-state index >= 15 is 0 Å². The van der Waals surface area contributed by atoms with Gasteiger partial charge in [0.25, 0.3) is 0 Å². The Kier molecular flexibility index (Phi) is 4.66. The molecule has 2 fully saturated rings. The normalized spacial score (nSPS) is 34.1. The van der Waals surface area contributed by atoms with E-state index in [9.17, 15) is 0 Å². The maximum Gasteiger partial charge on any atom is 0.0616 e. The van der Waals surface area contributed by atoms with Crippen LogP contribution in [-0.4, -0.2) is 18.8 Å². The first-order valence-corrected chi connectivity index (χ1v) is 7.18. The lowest BCUT2D eigenvalue weighted by Gasteiger charge is -2.29. The van der Waals surface area contributed by atoms with Crippen LogP contribution >= 0.6 is 0 Å².